The summed E-state index contributed by atoms with van der Waals surface area (Å²) in [4.78, 5) is 22.4. The number of ether oxygens (including phenoxy) is 2. The second kappa shape index (κ2) is 14.1. The predicted octanol–water partition coefficient (Wildman–Crippen LogP) is 11.0. The highest BCUT2D eigenvalue weighted by Gasteiger charge is 2.24. The van der Waals surface area contributed by atoms with E-state index in [9.17, 15) is 4.79 Å². The van der Waals surface area contributed by atoms with E-state index in [0.717, 1.165) is 83.3 Å². The van der Waals surface area contributed by atoms with Crippen LogP contribution in [0.4, 0.5) is 0 Å². The molecule has 0 fully saturated rings. The minimum absolute atomic E-state index is 0.196. The summed E-state index contributed by atoms with van der Waals surface area (Å²) in [5.74, 6) is 1.01. The maximum absolute atomic E-state index is 13.0. The summed E-state index contributed by atoms with van der Waals surface area (Å²) in [5, 5.41) is 4.15. The van der Waals surface area contributed by atoms with Gasteiger partial charge in [0.05, 0.1) is 28.3 Å². The smallest absolute Gasteiger partial charge is 0.193 e. The molecular weight excluding hydrogens is 649 g/mol. The van der Waals surface area contributed by atoms with Gasteiger partial charge in [-0.25, -0.2) is 9.97 Å². The average molecular weight is 683 g/mol. The number of pyridine rings is 2. The third-order valence-electron chi connectivity index (χ3n) is 9.29. The Balaban J connectivity index is 1.10. The Kier molecular flexibility index (Phi) is 8.91. The maximum atomic E-state index is 13.0. The fourth-order valence-corrected chi connectivity index (χ4v) is 6.76. The minimum atomic E-state index is -0.465. The zero-order valence-electron chi connectivity index (χ0n) is 28.0. The first kappa shape index (κ1) is 32.2. The van der Waals surface area contributed by atoms with Crippen LogP contribution in [0.1, 0.15) is 29.8 Å². The first-order chi connectivity index (χ1) is 25.0. The molecule has 6 aromatic carbocycles. The molecule has 0 bridgehead atoms. The molecule has 0 aliphatic rings. The molecule has 0 saturated carbocycles. The second-order valence-electron chi connectivity index (χ2n) is 12.6. The largest absolute Gasteiger partial charge is 0.487 e. The van der Waals surface area contributed by atoms with Crippen LogP contribution in [0, 0.1) is 0 Å². The van der Waals surface area contributed by atoms with E-state index in [-0.39, 0.29) is 5.12 Å². The summed E-state index contributed by atoms with van der Waals surface area (Å²) >= 11 is 4.33. The Morgan fingerprint density at radius 2 is 1.08 bits per heavy atom. The van der Waals surface area contributed by atoms with E-state index in [1.165, 1.54) is 0 Å². The second-order valence-corrected chi connectivity index (χ2v) is 13.1. The van der Waals surface area contributed by atoms with Gasteiger partial charge in [-0.2, -0.15) is 0 Å². The van der Waals surface area contributed by atoms with Crippen molar-refractivity contribution < 1.29 is 14.3 Å². The number of carbonyl (C=O) groups excluding carboxylic acids is 1. The van der Waals surface area contributed by atoms with Crippen LogP contribution in [0.25, 0.3) is 54.8 Å². The van der Waals surface area contributed by atoms with E-state index in [4.69, 9.17) is 19.4 Å². The van der Waals surface area contributed by atoms with Crippen LogP contribution < -0.4 is 9.47 Å². The van der Waals surface area contributed by atoms with Gasteiger partial charge in [-0.1, -0.05) is 104 Å². The lowest BCUT2D eigenvalue weighted by atomic mass is 9.82. The van der Waals surface area contributed by atoms with Crippen LogP contribution in [-0.4, -0.2) is 15.1 Å². The van der Waals surface area contributed by atoms with E-state index in [2.05, 4.69) is 67.2 Å². The molecule has 1 atom stereocenters. The number of nitrogens with zero attached hydrogens (tertiary/aromatic N) is 2. The molecule has 0 spiro atoms. The van der Waals surface area contributed by atoms with Gasteiger partial charge in [0.1, 0.15) is 24.7 Å². The normalized spacial score (nSPS) is 11.9. The molecule has 2 aromatic heterocycles. The molecule has 8 rings (SSSR count). The Morgan fingerprint density at radius 3 is 1.63 bits per heavy atom. The van der Waals surface area contributed by atoms with Crippen LogP contribution >= 0.6 is 12.6 Å². The Bertz CT molecular complexity index is 2530. The van der Waals surface area contributed by atoms with Gasteiger partial charge in [-0.3, -0.25) is 4.79 Å². The zero-order chi connectivity index (χ0) is 34.7. The van der Waals surface area contributed by atoms with Gasteiger partial charge in [0.25, 0.3) is 0 Å². The van der Waals surface area contributed by atoms with E-state index < -0.39 is 5.92 Å². The summed E-state index contributed by atoms with van der Waals surface area (Å²) < 4.78 is 12.3. The molecule has 0 N–H and O–H groups in total. The van der Waals surface area contributed by atoms with Crippen molar-refractivity contribution in [1.29, 1.82) is 0 Å². The van der Waals surface area contributed by atoms with Crippen molar-refractivity contribution >= 4 is 50.3 Å². The molecule has 0 aliphatic heterocycles. The van der Waals surface area contributed by atoms with Gasteiger partial charge in [0.15, 0.2) is 5.12 Å². The molecule has 6 heteroatoms. The SMILES string of the molecule is CC(C(=O)S)c1c(-c2ccc(OCc3ccc4ccccc4n3)cc2)cc2ccccc2c1-c1ccc(OCc2ccc3ccccc3n2)cc1. The number of benzene rings is 6. The molecule has 0 amide bonds. The molecule has 5 nitrogen and oxygen atoms in total. The number of para-hydroxylation sites is 2. The van der Waals surface area contributed by atoms with Crippen LogP contribution in [0.3, 0.4) is 0 Å². The lowest BCUT2D eigenvalue weighted by Gasteiger charge is -2.22. The molecule has 0 radical (unpaired) electrons. The van der Waals surface area contributed by atoms with Crippen molar-refractivity contribution in [2.45, 2.75) is 26.1 Å². The van der Waals surface area contributed by atoms with Crippen molar-refractivity contribution in [3.8, 4) is 33.8 Å². The number of thiol groups is 1. The molecule has 8 aromatic rings. The van der Waals surface area contributed by atoms with E-state index in [1.807, 2.05) is 104 Å². The number of rotatable bonds is 10. The fourth-order valence-electron chi connectivity index (χ4n) is 6.63. The average Bonchev–Trinajstić information content (AvgIpc) is 3.18. The monoisotopic (exact) mass is 682 g/mol. The summed E-state index contributed by atoms with van der Waals surface area (Å²) in [7, 11) is 0. The highest BCUT2D eigenvalue weighted by atomic mass is 32.1. The maximum Gasteiger partial charge on any atom is 0.193 e. The third-order valence-corrected chi connectivity index (χ3v) is 9.67. The number of carbonyl (C=O) groups is 1. The lowest BCUT2D eigenvalue weighted by molar-refractivity contribution is -0.111. The van der Waals surface area contributed by atoms with Crippen molar-refractivity contribution in [2.24, 2.45) is 0 Å². The van der Waals surface area contributed by atoms with Gasteiger partial charge < -0.3 is 9.47 Å². The van der Waals surface area contributed by atoms with Crippen molar-refractivity contribution in [3.63, 3.8) is 0 Å². The summed E-state index contributed by atoms with van der Waals surface area (Å²) in [6.45, 7) is 2.64. The van der Waals surface area contributed by atoms with Crippen LogP contribution in [0.15, 0.2) is 152 Å². The topological polar surface area (TPSA) is 61.3 Å². The highest BCUT2D eigenvalue weighted by Crippen LogP contribution is 2.44. The summed E-state index contributed by atoms with van der Waals surface area (Å²) in [5.41, 5.74) is 8.50. The van der Waals surface area contributed by atoms with Gasteiger partial charge in [0, 0.05) is 10.8 Å². The Morgan fingerprint density at radius 1 is 0.588 bits per heavy atom. The number of fused-ring (bicyclic) bond motifs is 3. The quantitative estimate of drug-likeness (QED) is 0.146. The molecule has 2 heterocycles. The zero-order valence-corrected chi connectivity index (χ0v) is 28.9. The fraction of sp³-hybridized carbons (Fsp3) is 0.0889. The summed E-state index contributed by atoms with van der Waals surface area (Å²) in [6, 6.07) is 50.8. The molecule has 1 unspecified atom stereocenters. The van der Waals surface area contributed by atoms with Gasteiger partial charge in [-0.15, -0.1) is 12.6 Å². The molecule has 0 saturated heterocycles. The van der Waals surface area contributed by atoms with Crippen LogP contribution in [-0.2, 0) is 18.0 Å². The van der Waals surface area contributed by atoms with Crippen molar-refractivity contribution in [2.75, 3.05) is 0 Å². The Hall–Kier alpha value is -5.98. The van der Waals surface area contributed by atoms with Crippen LogP contribution in [0.5, 0.6) is 11.5 Å². The van der Waals surface area contributed by atoms with Crippen molar-refractivity contribution in [3.05, 3.63) is 169 Å². The Labute approximate surface area is 302 Å². The van der Waals surface area contributed by atoms with Gasteiger partial charge >= 0.3 is 0 Å². The number of aromatic nitrogens is 2. The molecule has 248 valence electrons. The molecule has 51 heavy (non-hydrogen) atoms. The van der Waals surface area contributed by atoms with E-state index in [0.29, 0.717) is 13.2 Å². The third kappa shape index (κ3) is 6.79. The molecular formula is C45H34N2O3S. The van der Waals surface area contributed by atoms with Crippen LogP contribution in [0.2, 0.25) is 0 Å². The number of hydrogen-bond donors (Lipinski definition) is 1. The van der Waals surface area contributed by atoms with Gasteiger partial charge in [0.2, 0.25) is 0 Å². The number of hydrogen-bond acceptors (Lipinski definition) is 5. The predicted molar refractivity (Wildman–Crippen MR) is 209 cm³/mol. The first-order valence-corrected chi connectivity index (χ1v) is 17.4. The van der Waals surface area contributed by atoms with Gasteiger partial charge in [-0.05, 0) is 93.2 Å². The lowest BCUT2D eigenvalue weighted by Crippen LogP contribution is -2.07. The minimum Gasteiger partial charge on any atom is -0.487 e. The first-order valence-electron chi connectivity index (χ1n) is 16.9. The van der Waals surface area contributed by atoms with E-state index >= 15 is 0 Å². The van der Waals surface area contributed by atoms with Crippen molar-refractivity contribution in [1.82, 2.24) is 9.97 Å². The molecule has 0 aliphatic carbocycles. The van der Waals surface area contributed by atoms with E-state index in [1.54, 1.807) is 0 Å². The summed E-state index contributed by atoms with van der Waals surface area (Å²) in [6.07, 6.45) is 0. The standard InChI is InChI=1S/C45H34N2O3S/c1-29(45(48)51)43-40(30-16-22-37(23-17-30)49-27-35-20-14-31-8-3-6-12-41(31)46-35)26-34-10-2-5-11-39(34)44(43)33-18-24-38(25-19-33)50-28-36-21-15-32-9-4-7-13-42(32)47-36/h2-26,29H,27-28H2,1H3,(H,48,51). The highest BCUT2D eigenvalue weighted by molar-refractivity contribution is 7.96.